The van der Waals surface area contributed by atoms with Crippen LogP contribution < -0.4 is 4.74 Å². The normalized spacial score (nSPS) is 20.7. The lowest BCUT2D eigenvalue weighted by Gasteiger charge is -2.62. The first-order valence-corrected chi connectivity index (χ1v) is 8.35. The lowest BCUT2D eigenvalue weighted by molar-refractivity contribution is -0.0976. The van der Waals surface area contributed by atoms with Crippen LogP contribution in [0.3, 0.4) is 0 Å². The molecule has 1 aromatic heterocycles. The first-order chi connectivity index (χ1) is 11.7. The molecule has 2 heterocycles. The summed E-state index contributed by atoms with van der Waals surface area (Å²) >= 11 is 0. The van der Waals surface area contributed by atoms with E-state index in [1.165, 1.54) is 5.56 Å². The molecule has 4 rings (SSSR count). The average molecular weight is 319 g/mol. The van der Waals surface area contributed by atoms with Gasteiger partial charge in [-0.2, -0.15) is 5.26 Å². The van der Waals surface area contributed by atoms with E-state index in [1.807, 2.05) is 30.3 Å². The molecule has 0 bridgehead atoms. The van der Waals surface area contributed by atoms with Crippen LogP contribution >= 0.6 is 0 Å². The number of pyridine rings is 1. The van der Waals surface area contributed by atoms with Gasteiger partial charge in [0.15, 0.2) is 0 Å². The van der Waals surface area contributed by atoms with Crippen LogP contribution in [0.1, 0.15) is 24.1 Å². The molecule has 1 aromatic carbocycles. The molecule has 0 N–H and O–H groups in total. The van der Waals surface area contributed by atoms with Gasteiger partial charge in [0.2, 0.25) is 0 Å². The highest BCUT2D eigenvalue weighted by molar-refractivity contribution is 5.39. The van der Waals surface area contributed by atoms with Crippen molar-refractivity contribution in [2.75, 3.05) is 20.2 Å². The fraction of sp³-hybridized carbons (Fsp3) is 0.400. The average Bonchev–Trinajstić information content (AvgIpc) is 2.57. The molecule has 24 heavy (non-hydrogen) atoms. The number of likely N-dealkylation sites (tertiary alicyclic amines) is 1. The molecule has 4 nitrogen and oxygen atoms in total. The van der Waals surface area contributed by atoms with E-state index in [0.717, 1.165) is 43.9 Å². The maximum Gasteiger partial charge on any atom is 0.122 e. The Balaban J connectivity index is 1.38. The Morgan fingerprint density at radius 1 is 1.21 bits per heavy atom. The van der Waals surface area contributed by atoms with Gasteiger partial charge in [-0.3, -0.25) is 9.88 Å². The van der Waals surface area contributed by atoms with Gasteiger partial charge in [-0.1, -0.05) is 30.3 Å². The molecule has 1 aliphatic heterocycles. The molecular formula is C20H21N3O. The highest BCUT2D eigenvalue weighted by Gasteiger charge is 2.60. The zero-order valence-electron chi connectivity index (χ0n) is 13.9. The molecule has 2 fully saturated rings. The van der Waals surface area contributed by atoms with E-state index in [1.54, 1.807) is 13.3 Å². The Morgan fingerprint density at radius 2 is 1.96 bits per heavy atom. The van der Waals surface area contributed by atoms with Crippen molar-refractivity contribution in [1.29, 1.82) is 5.26 Å². The number of methoxy groups -OCH3 is 1. The summed E-state index contributed by atoms with van der Waals surface area (Å²) in [5, 5.41) is 9.71. The first-order valence-electron chi connectivity index (χ1n) is 8.35. The van der Waals surface area contributed by atoms with Crippen molar-refractivity contribution in [2.24, 2.45) is 5.41 Å². The standard InChI is InChI=1S/C20H21N3O/c1-24-18-7-8-22-17(9-18)10-23-14-19(15-23)11-20(12-19,13-21)16-5-3-2-4-6-16/h2-9H,10-12,14-15H2,1H3. The van der Waals surface area contributed by atoms with Crippen molar-refractivity contribution in [3.63, 3.8) is 0 Å². The monoisotopic (exact) mass is 319 g/mol. The van der Waals surface area contributed by atoms with E-state index in [9.17, 15) is 5.26 Å². The highest BCUT2D eigenvalue weighted by Crippen LogP contribution is 2.59. The molecule has 2 aliphatic rings. The number of ether oxygens (including phenoxy) is 1. The van der Waals surface area contributed by atoms with E-state index in [4.69, 9.17) is 4.74 Å². The highest BCUT2D eigenvalue weighted by atomic mass is 16.5. The number of hydrogen-bond donors (Lipinski definition) is 0. The van der Waals surface area contributed by atoms with Crippen LogP contribution in [0.25, 0.3) is 0 Å². The van der Waals surface area contributed by atoms with E-state index in [2.05, 4.69) is 28.1 Å². The largest absolute Gasteiger partial charge is 0.497 e. The third kappa shape index (κ3) is 2.46. The second kappa shape index (κ2) is 5.61. The number of rotatable bonds is 4. The fourth-order valence-electron chi connectivity index (χ4n) is 4.47. The van der Waals surface area contributed by atoms with Gasteiger partial charge in [0.25, 0.3) is 0 Å². The lowest BCUT2D eigenvalue weighted by Crippen LogP contribution is -2.66. The van der Waals surface area contributed by atoms with Crippen LogP contribution in [0.5, 0.6) is 5.75 Å². The summed E-state index contributed by atoms with van der Waals surface area (Å²) in [5.74, 6) is 0.853. The molecule has 0 radical (unpaired) electrons. The van der Waals surface area contributed by atoms with Crippen LogP contribution in [-0.4, -0.2) is 30.1 Å². The Labute approximate surface area is 142 Å². The molecule has 1 aliphatic carbocycles. The third-order valence-electron chi connectivity index (χ3n) is 5.42. The van der Waals surface area contributed by atoms with Crippen molar-refractivity contribution in [3.05, 3.63) is 59.9 Å². The summed E-state index contributed by atoms with van der Waals surface area (Å²) < 4.78 is 5.26. The van der Waals surface area contributed by atoms with Gasteiger partial charge in [0.05, 0.1) is 24.3 Å². The molecule has 0 unspecified atom stereocenters. The first kappa shape index (κ1) is 15.2. The second-order valence-corrected chi connectivity index (χ2v) is 7.25. The Morgan fingerprint density at radius 3 is 2.62 bits per heavy atom. The number of aromatic nitrogens is 1. The van der Waals surface area contributed by atoms with Crippen molar-refractivity contribution in [1.82, 2.24) is 9.88 Å². The second-order valence-electron chi connectivity index (χ2n) is 7.25. The van der Waals surface area contributed by atoms with Crippen LogP contribution in [-0.2, 0) is 12.0 Å². The zero-order chi connectivity index (χ0) is 16.6. The topological polar surface area (TPSA) is 49.1 Å². The molecule has 122 valence electrons. The Kier molecular flexibility index (Phi) is 3.54. The van der Waals surface area contributed by atoms with Crippen LogP contribution in [0, 0.1) is 16.7 Å². The maximum absolute atomic E-state index is 9.71. The van der Waals surface area contributed by atoms with Crippen LogP contribution in [0.2, 0.25) is 0 Å². The third-order valence-corrected chi connectivity index (χ3v) is 5.42. The van der Waals surface area contributed by atoms with Gasteiger partial charge in [-0.05, 0) is 29.9 Å². The van der Waals surface area contributed by atoms with Gasteiger partial charge < -0.3 is 4.74 Å². The van der Waals surface area contributed by atoms with Crippen molar-refractivity contribution >= 4 is 0 Å². The zero-order valence-corrected chi connectivity index (χ0v) is 13.9. The minimum atomic E-state index is -0.276. The summed E-state index contributed by atoms with van der Waals surface area (Å²) in [6, 6.07) is 16.7. The summed E-state index contributed by atoms with van der Waals surface area (Å²) in [6.45, 7) is 2.97. The summed E-state index contributed by atoms with van der Waals surface area (Å²) in [5.41, 5.74) is 2.26. The van der Waals surface area contributed by atoms with E-state index >= 15 is 0 Å². The van der Waals surface area contributed by atoms with Crippen LogP contribution in [0.15, 0.2) is 48.7 Å². The molecule has 1 saturated carbocycles. The molecule has 1 spiro atoms. The minimum absolute atomic E-state index is 0.276. The number of hydrogen-bond acceptors (Lipinski definition) is 4. The van der Waals surface area contributed by atoms with Gasteiger partial charge in [0, 0.05) is 31.9 Å². The number of nitriles is 1. The van der Waals surface area contributed by atoms with Gasteiger partial charge in [-0.25, -0.2) is 0 Å². The van der Waals surface area contributed by atoms with Crippen molar-refractivity contribution in [2.45, 2.75) is 24.8 Å². The predicted molar refractivity (Wildman–Crippen MR) is 91.5 cm³/mol. The van der Waals surface area contributed by atoms with Crippen LogP contribution in [0.4, 0.5) is 0 Å². The predicted octanol–water partition coefficient (Wildman–Crippen LogP) is 3.15. The summed E-state index contributed by atoms with van der Waals surface area (Å²) in [4.78, 5) is 6.83. The Bertz CT molecular complexity index is 767. The summed E-state index contributed by atoms with van der Waals surface area (Å²) in [6.07, 6.45) is 3.74. The number of nitrogens with zero attached hydrogens (tertiary/aromatic N) is 3. The molecule has 0 atom stereocenters. The van der Waals surface area contributed by atoms with E-state index < -0.39 is 0 Å². The summed E-state index contributed by atoms with van der Waals surface area (Å²) in [7, 11) is 1.68. The molecule has 0 amide bonds. The Hall–Kier alpha value is -2.38. The molecular weight excluding hydrogens is 298 g/mol. The molecule has 2 aromatic rings. The van der Waals surface area contributed by atoms with E-state index in [-0.39, 0.29) is 5.41 Å². The maximum atomic E-state index is 9.71. The number of benzene rings is 1. The van der Waals surface area contributed by atoms with Crippen molar-refractivity contribution in [3.8, 4) is 11.8 Å². The molecule has 1 saturated heterocycles. The SMILES string of the molecule is COc1ccnc(CN2CC3(C2)CC(C#N)(c2ccccc2)C3)c1. The quantitative estimate of drug-likeness (QED) is 0.868. The van der Waals surface area contributed by atoms with Gasteiger partial charge >= 0.3 is 0 Å². The minimum Gasteiger partial charge on any atom is -0.497 e. The molecule has 4 heteroatoms. The van der Waals surface area contributed by atoms with Gasteiger partial charge in [0.1, 0.15) is 5.75 Å². The smallest absolute Gasteiger partial charge is 0.122 e. The fourth-order valence-corrected chi connectivity index (χ4v) is 4.47. The van der Waals surface area contributed by atoms with Crippen molar-refractivity contribution < 1.29 is 4.74 Å². The lowest BCUT2D eigenvalue weighted by atomic mass is 9.48. The van der Waals surface area contributed by atoms with E-state index in [0.29, 0.717) is 5.41 Å². The van der Waals surface area contributed by atoms with Gasteiger partial charge in [-0.15, -0.1) is 0 Å².